The molecule has 2 aromatic rings. The molecule has 132 valence electrons. The largest absolute Gasteiger partial charge is 0.361 e. The molecule has 24 heavy (non-hydrogen) atoms. The second-order valence-electron chi connectivity index (χ2n) is 6.05. The Kier molecular flexibility index (Phi) is 6.40. The van der Waals surface area contributed by atoms with Gasteiger partial charge in [-0.05, 0) is 33.1 Å². The molecule has 0 amide bonds. The molecule has 0 bridgehead atoms. The lowest BCUT2D eigenvalue weighted by Crippen LogP contribution is -2.38. The van der Waals surface area contributed by atoms with E-state index >= 15 is 0 Å². The molecule has 7 nitrogen and oxygen atoms in total. The highest BCUT2D eigenvalue weighted by Gasteiger charge is 2.09. The second-order valence-corrected chi connectivity index (χ2v) is 6.05. The van der Waals surface area contributed by atoms with Crippen molar-refractivity contribution < 1.29 is 9.05 Å². The lowest BCUT2D eigenvalue weighted by Gasteiger charge is -2.10. The Morgan fingerprint density at radius 2 is 2.00 bits per heavy atom. The highest BCUT2D eigenvalue weighted by Crippen LogP contribution is 2.14. The predicted octanol–water partition coefficient (Wildman–Crippen LogP) is 2.70. The van der Waals surface area contributed by atoms with Gasteiger partial charge in [0.15, 0.2) is 11.7 Å². The van der Waals surface area contributed by atoms with Crippen molar-refractivity contribution in [2.75, 3.05) is 13.1 Å². The Labute approximate surface area is 142 Å². The van der Waals surface area contributed by atoms with Gasteiger partial charge in [0.1, 0.15) is 12.3 Å². The number of nitrogens with one attached hydrogen (secondary N) is 2. The number of hydrogen-bond acceptors (Lipinski definition) is 5. The standard InChI is InChI=1S/C17H27N5O2/c1-6-18-17(19-8-7-15-12(4)21-23-13(15)5)20-10-14-9-16(11(2)3)22-24-14/h9,11H,6-8,10H2,1-5H3,(H2,18,19,20). The quantitative estimate of drug-likeness (QED) is 0.598. The fraction of sp³-hybridized carbons (Fsp3) is 0.588. The van der Waals surface area contributed by atoms with Crippen LogP contribution in [0.5, 0.6) is 0 Å². The third-order valence-electron chi connectivity index (χ3n) is 3.75. The van der Waals surface area contributed by atoms with Crippen LogP contribution >= 0.6 is 0 Å². The minimum Gasteiger partial charge on any atom is -0.361 e. The third-order valence-corrected chi connectivity index (χ3v) is 3.75. The van der Waals surface area contributed by atoms with Crippen LogP contribution in [0.3, 0.4) is 0 Å². The maximum atomic E-state index is 5.32. The number of rotatable bonds is 7. The summed E-state index contributed by atoms with van der Waals surface area (Å²) in [5.74, 6) is 2.75. The van der Waals surface area contributed by atoms with Gasteiger partial charge in [0.25, 0.3) is 0 Å². The summed E-state index contributed by atoms with van der Waals surface area (Å²) in [5, 5.41) is 14.6. The van der Waals surface area contributed by atoms with Crippen molar-refractivity contribution in [3.63, 3.8) is 0 Å². The summed E-state index contributed by atoms with van der Waals surface area (Å²) in [7, 11) is 0. The van der Waals surface area contributed by atoms with E-state index in [0.717, 1.165) is 53.9 Å². The Morgan fingerprint density at radius 3 is 2.58 bits per heavy atom. The lowest BCUT2D eigenvalue weighted by atomic mass is 10.1. The van der Waals surface area contributed by atoms with Gasteiger partial charge in [-0.3, -0.25) is 0 Å². The zero-order valence-electron chi connectivity index (χ0n) is 15.1. The summed E-state index contributed by atoms with van der Waals surface area (Å²) < 4.78 is 10.5. The van der Waals surface area contributed by atoms with Crippen molar-refractivity contribution in [1.29, 1.82) is 0 Å². The number of aryl methyl sites for hydroxylation is 2. The highest BCUT2D eigenvalue weighted by atomic mass is 16.5. The molecule has 0 aromatic carbocycles. The fourth-order valence-electron chi connectivity index (χ4n) is 2.34. The van der Waals surface area contributed by atoms with E-state index in [0.29, 0.717) is 12.5 Å². The van der Waals surface area contributed by atoms with Gasteiger partial charge >= 0.3 is 0 Å². The van der Waals surface area contributed by atoms with E-state index in [-0.39, 0.29) is 0 Å². The first kappa shape index (κ1) is 18.0. The Morgan fingerprint density at radius 1 is 1.21 bits per heavy atom. The average molecular weight is 333 g/mol. The topological polar surface area (TPSA) is 88.5 Å². The molecule has 7 heteroatoms. The predicted molar refractivity (Wildman–Crippen MR) is 93.1 cm³/mol. The molecule has 0 aliphatic carbocycles. The van der Waals surface area contributed by atoms with E-state index in [9.17, 15) is 0 Å². The Balaban J connectivity index is 1.90. The van der Waals surface area contributed by atoms with Crippen molar-refractivity contribution in [1.82, 2.24) is 20.9 Å². The summed E-state index contributed by atoms with van der Waals surface area (Å²) in [4.78, 5) is 4.54. The summed E-state index contributed by atoms with van der Waals surface area (Å²) in [5.41, 5.74) is 3.05. The number of guanidine groups is 1. The number of nitrogens with zero attached hydrogens (tertiary/aromatic N) is 3. The molecule has 0 spiro atoms. The number of hydrogen-bond donors (Lipinski definition) is 2. The molecule has 0 fully saturated rings. The Bertz CT molecular complexity index is 653. The van der Waals surface area contributed by atoms with Crippen molar-refractivity contribution in [3.05, 3.63) is 34.5 Å². The maximum absolute atomic E-state index is 5.32. The zero-order valence-corrected chi connectivity index (χ0v) is 15.1. The van der Waals surface area contributed by atoms with Crippen LogP contribution in [-0.4, -0.2) is 29.4 Å². The minimum absolute atomic E-state index is 0.355. The first-order valence-electron chi connectivity index (χ1n) is 8.40. The van der Waals surface area contributed by atoms with Crippen LogP contribution in [0.2, 0.25) is 0 Å². The molecule has 2 N–H and O–H groups in total. The maximum Gasteiger partial charge on any atom is 0.191 e. The molecule has 0 saturated carbocycles. The molecular weight excluding hydrogens is 306 g/mol. The van der Waals surface area contributed by atoms with Gasteiger partial charge in [-0.15, -0.1) is 0 Å². The summed E-state index contributed by atoms with van der Waals surface area (Å²) in [6, 6.07) is 1.96. The van der Waals surface area contributed by atoms with E-state index < -0.39 is 0 Å². The van der Waals surface area contributed by atoms with E-state index in [4.69, 9.17) is 9.05 Å². The normalized spacial score (nSPS) is 12.0. The van der Waals surface area contributed by atoms with Crippen LogP contribution in [0.4, 0.5) is 0 Å². The molecule has 0 aliphatic rings. The van der Waals surface area contributed by atoms with E-state index in [1.807, 2.05) is 26.8 Å². The highest BCUT2D eigenvalue weighted by molar-refractivity contribution is 5.79. The van der Waals surface area contributed by atoms with E-state index in [1.165, 1.54) is 0 Å². The van der Waals surface area contributed by atoms with E-state index in [2.05, 4.69) is 39.8 Å². The van der Waals surface area contributed by atoms with Gasteiger partial charge in [0.2, 0.25) is 0 Å². The first-order chi connectivity index (χ1) is 11.5. The molecule has 2 heterocycles. The molecule has 0 radical (unpaired) electrons. The third kappa shape index (κ3) is 4.84. The molecular formula is C17H27N5O2. The monoisotopic (exact) mass is 333 g/mol. The smallest absolute Gasteiger partial charge is 0.191 e. The van der Waals surface area contributed by atoms with Gasteiger partial charge in [0, 0.05) is 24.7 Å². The molecule has 0 aliphatic heterocycles. The molecule has 0 saturated heterocycles. The van der Waals surface area contributed by atoms with Crippen LogP contribution in [0, 0.1) is 13.8 Å². The van der Waals surface area contributed by atoms with Gasteiger partial charge in [-0.2, -0.15) is 0 Å². The van der Waals surface area contributed by atoms with Gasteiger partial charge in [-0.1, -0.05) is 24.2 Å². The van der Waals surface area contributed by atoms with Gasteiger partial charge in [0.05, 0.1) is 11.4 Å². The van der Waals surface area contributed by atoms with Crippen molar-refractivity contribution >= 4 is 5.96 Å². The van der Waals surface area contributed by atoms with Crippen LogP contribution in [-0.2, 0) is 13.0 Å². The SMILES string of the molecule is CCNC(=NCc1cc(C(C)C)no1)NCCc1c(C)noc1C. The molecule has 2 aromatic heterocycles. The zero-order chi connectivity index (χ0) is 17.5. The van der Waals surface area contributed by atoms with E-state index in [1.54, 1.807) is 0 Å². The Hall–Kier alpha value is -2.31. The lowest BCUT2D eigenvalue weighted by molar-refractivity contribution is 0.376. The molecule has 0 unspecified atom stereocenters. The van der Waals surface area contributed by atoms with Crippen molar-refractivity contribution in [2.24, 2.45) is 4.99 Å². The average Bonchev–Trinajstić information content (AvgIpc) is 3.14. The van der Waals surface area contributed by atoms with Crippen LogP contribution < -0.4 is 10.6 Å². The van der Waals surface area contributed by atoms with Crippen LogP contribution in [0.25, 0.3) is 0 Å². The minimum atomic E-state index is 0.355. The first-order valence-corrected chi connectivity index (χ1v) is 8.40. The summed E-state index contributed by atoms with van der Waals surface area (Å²) in [6.07, 6.45) is 0.839. The summed E-state index contributed by atoms with van der Waals surface area (Å²) >= 11 is 0. The van der Waals surface area contributed by atoms with Crippen LogP contribution in [0.15, 0.2) is 20.1 Å². The number of aromatic nitrogens is 2. The fourth-order valence-corrected chi connectivity index (χ4v) is 2.34. The molecule has 2 rings (SSSR count). The number of aliphatic imine (C=N–C) groups is 1. The summed E-state index contributed by atoms with van der Waals surface area (Å²) in [6.45, 7) is 12.1. The molecule has 0 atom stereocenters. The van der Waals surface area contributed by atoms with Gasteiger partial charge < -0.3 is 19.7 Å². The van der Waals surface area contributed by atoms with Gasteiger partial charge in [-0.25, -0.2) is 4.99 Å². The van der Waals surface area contributed by atoms with Crippen molar-refractivity contribution in [2.45, 2.75) is 53.5 Å². The van der Waals surface area contributed by atoms with Crippen LogP contribution in [0.1, 0.15) is 55.2 Å². The van der Waals surface area contributed by atoms with Crippen molar-refractivity contribution in [3.8, 4) is 0 Å². The second kappa shape index (κ2) is 8.52.